The molecule has 0 aliphatic carbocycles. The average molecular weight is 359 g/mol. The third-order valence-corrected chi connectivity index (χ3v) is 4.79. The first-order valence-corrected chi connectivity index (χ1v) is 10.0. The summed E-state index contributed by atoms with van der Waals surface area (Å²) in [6.07, 6.45) is 13.9. The maximum atomic E-state index is 9.85. The fraction of sp³-hybridized carbons (Fsp3) is 0.900. The Morgan fingerprint density at radius 1 is 1.04 bits per heavy atom. The molecule has 1 aliphatic heterocycles. The van der Waals surface area contributed by atoms with Crippen LogP contribution in [-0.4, -0.2) is 59.6 Å². The Morgan fingerprint density at radius 2 is 1.64 bits per heavy atom. The summed E-state index contributed by atoms with van der Waals surface area (Å²) in [4.78, 5) is 0. The molecule has 25 heavy (non-hydrogen) atoms. The van der Waals surface area contributed by atoms with E-state index in [1.807, 2.05) is 0 Å². The van der Waals surface area contributed by atoms with Gasteiger partial charge in [-0.1, -0.05) is 57.1 Å². The normalized spacial score (nSPS) is 25.0. The maximum absolute atomic E-state index is 9.85. The number of ether oxygens (including phenoxy) is 2. The first-order valence-electron chi connectivity index (χ1n) is 10.0. The Hall–Kier alpha value is -0.460. The summed E-state index contributed by atoms with van der Waals surface area (Å²) in [7, 11) is 0. The molecule has 148 valence electrons. The van der Waals surface area contributed by atoms with Crippen LogP contribution in [0.5, 0.6) is 0 Å². The van der Waals surface area contributed by atoms with Crippen molar-refractivity contribution < 1.29 is 24.8 Å². The minimum atomic E-state index is -1.000. The first-order chi connectivity index (χ1) is 12.2. The molecule has 0 unspecified atom stereocenters. The third-order valence-electron chi connectivity index (χ3n) is 4.79. The van der Waals surface area contributed by atoms with E-state index in [-0.39, 0.29) is 13.2 Å². The van der Waals surface area contributed by atoms with Crippen LogP contribution in [0, 0.1) is 0 Å². The van der Waals surface area contributed by atoms with Gasteiger partial charge in [0.15, 0.2) is 0 Å². The van der Waals surface area contributed by atoms with Crippen LogP contribution in [0.4, 0.5) is 0 Å². The maximum Gasteiger partial charge on any atom is 0.114 e. The fourth-order valence-electron chi connectivity index (χ4n) is 3.25. The molecule has 0 bridgehead atoms. The van der Waals surface area contributed by atoms with Crippen molar-refractivity contribution in [1.82, 2.24) is 0 Å². The van der Waals surface area contributed by atoms with E-state index in [9.17, 15) is 10.2 Å². The van der Waals surface area contributed by atoms with Crippen molar-refractivity contribution in [3.63, 3.8) is 0 Å². The highest BCUT2D eigenvalue weighted by atomic mass is 16.6. The molecule has 0 amide bonds. The molecule has 1 fully saturated rings. The predicted molar refractivity (Wildman–Crippen MR) is 99.6 cm³/mol. The molecule has 0 saturated carbocycles. The molecule has 1 aliphatic rings. The van der Waals surface area contributed by atoms with E-state index >= 15 is 0 Å². The second-order valence-corrected chi connectivity index (χ2v) is 6.99. The molecule has 0 spiro atoms. The zero-order valence-corrected chi connectivity index (χ0v) is 15.8. The molecule has 4 atom stereocenters. The molecular formula is C20H38O5. The topological polar surface area (TPSA) is 79.2 Å². The van der Waals surface area contributed by atoms with Gasteiger partial charge in [0.05, 0.1) is 13.2 Å². The molecule has 1 heterocycles. The Morgan fingerprint density at radius 3 is 2.24 bits per heavy atom. The third kappa shape index (κ3) is 9.71. The van der Waals surface area contributed by atoms with Gasteiger partial charge < -0.3 is 24.8 Å². The van der Waals surface area contributed by atoms with Gasteiger partial charge in [-0.25, -0.2) is 0 Å². The summed E-state index contributed by atoms with van der Waals surface area (Å²) in [6, 6.07) is 0. The number of aliphatic hydroxyl groups is 3. The van der Waals surface area contributed by atoms with Crippen LogP contribution in [0.1, 0.15) is 71.1 Å². The summed E-state index contributed by atoms with van der Waals surface area (Å²) in [5.41, 5.74) is 0. The molecule has 5 nitrogen and oxygen atoms in total. The molecule has 0 aromatic rings. The SMILES string of the molecule is C/C=C/CCCCCCCCCCCO[C@@H]1[C@H]([C@@H](O)CO)OC[C@H]1O. The van der Waals surface area contributed by atoms with E-state index in [1.54, 1.807) is 0 Å². The number of hydrogen-bond donors (Lipinski definition) is 3. The van der Waals surface area contributed by atoms with Crippen molar-refractivity contribution in [2.24, 2.45) is 0 Å². The van der Waals surface area contributed by atoms with Crippen LogP contribution in [0.15, 0.2) is 12.2 Å². The minimum Gasteiger partial charge on any atom is -0.394 e. The molecule has 0 radical (unpaired) electrons. The zero-order valence-electron chi connectivity index (χ0n) is 15.8. The summed E-state index contributed by atoms with van der Waals surface area (Å²) >= 11 is 0. The lowest BCUT2D eigenvalue weighted by atomic mass is 10.1. The minimum absolute atomic E-state index is 0.154. The zero-order chi connectivity index (χ0) is 18.3. The lowest BCUT2D eigenvalue weighted by Gasteiger charge is -2.23. The highest BCUT2D eigenvalue weighted by molar-refractivity contribution is 4.89. The molecule has 1 rings (SSSR count). The summed E-state index contributed by atoms with van der Waals surface area (Å²) in [5, 5.41) is 28.5. The van der Waals surface area contributed by atoms with Gasteiger partial charge in [-0.05, 0) is 26.2 Å². The first kappa shape index (κ1) is 22.6. The van der Waals surface area contributed by atoms with Crippen molar-refractivity contribution >= 4 is 0 Å². The summed E-state index contributed by atoms with van der Waals surface area (Å²) < 4.78 is 11.0. The number of unbranched alkanes of at least 4 members (excludes halogenated alkanes) is 9. The Labute approximate surface area is 153 Å². The second-order valence-electron chi connectivity index (χ2n) is 6.99. The number of aliphatic hydroxyl groups excluding tert-OH is 3. The van der Waals surface area contributed by atoms with Gasteiger partial charge in [0.2, 0.25) is 0 Å². The lowest BCUT2D eigenvalue weighted by molar-refractivity contribution is -0.0938. The smallest absolute Gasteiger partial charge is 0.114 e. The summed E-state index contributed by atoms with van der Waals surface area (Å²) in [5.74, 6) is 0. The highest BCUT2D eigenvalue weighted by Crippen LogP contribution is 2.21. The van der Waals surface area contributed by atoms with E-state index in [0.717, 1.165) is 12.8 Å². The second kappa shape index (κ2) is 14.7. The molecule has 3 N–H and O–H groups in total. The summed E-state index contributed by atoms with van der Waals surface area (Å²) in [6.45, 7) is 2.41. The molecule has 0 aromatic carbocycles. The van der Waals surface area contributed by atoms with Crippen LogP contribution in [0.2, 0.25) is 0 Å². The van der Waals surface area contributed by atoms with Crippen molar-refractivity contribution in [2.75, 3.05) is 19.8 Å². The van der Waals surface area contributed by atoms with Gasteiger partial charge in [0, 0.05) is 6.61 Å². The van der Waals surface area contributed by atoms with Crippen molar-refractivity contribution in [3.8, 4) is 0 Å². The number of rotatable bonds is 15. The predicted octanol–water partition coefficient (Wildman–Crippen LogP) is 2.96. The van der Waals surface area contributed by atoms with Crippen LogP contribution < -0.4 is 0 Å². The molecule has 1 saturated heterocycles. The van der Waals surface area contributed by atoms with Crippen molar-refractivity contribution in [3.05, 3.63) is 12.2 Å². The van der Waals surface area contributed by atoms with Gasteiger partial charge in [-0.15, -0.1) is 0 Å². The van der Waals surface area contributed by atoms with E-state index in [2.05, 4.69) is 19.1 Å². The Bertz CT molecular complexity index is 334. The van der Waals surface area contributed by atoms with Crippen LogP contribution in [0.3, 0.4) is 0 Å². The fourth-order valence-corrected chi connectivity index (χ4v) is 3.25. The lowest BCUT2D eigenvalue weighted by Crippen LogP contribution is -2.42. The van der Waals surface area contributed by atoms with Crippen LogP contribution in [0.25, 0.3) is 0 Å². The van der Waals surface area contributed by atoms with E-state index in [0.29, 0.717) is 6.61 Å². The van der Waals surface area contributed by atoms with Crippen LogP contribution in [-0.2, 0) is 9.47 Å². The monoisotopic (exact) mass is 358 g/mol. The Kier molecular flexibility index (Phi) is 13.3. The quantitative estimate of drug-likeness (QED) is 0.310. The van der Waals surface area contributed by atoms with Gasteiger partial charge in [-0.3, -0.25) is 0 Å². The number of allylic oxidation sites excluding steroid dienone is 2. The van der Waals surface area contributed by atoms with Gasteiger partial charge in [0.25, 0.3) is 0 Å². The van der Waals surface area contributed by atoms with Gasteiger partial charge in [0.1, 0.15) is 24.4 Å². The van der Waals surface area contributed by atoms with E-state index in [1.165, 1.54) is 51.4 Å². The molecule has 5 heteroatoms. The van der Waals surface area contributed by atoms with Crippen molar-refractivity contribution in [1.29, 1.82) is 0 Å². The van der Waals surface area contributed by atoms with Crippen molar-refractivity contribution in [2.45, 2.75) is 95.5 Å². The van der Waals surface area contributed by atoms with Gasteiger partial charge in [-0.2, -0.15) is 0 Å². The number of hydrogen-bond acceptors (Lipinski definition) is 5. The average Bonchev–Trinajstić information content (AvgIpc) is 2.99. The Balaban J connectivity index is 1.93. The molecular weight excluding hydrogens is 320 g/mol. The van der Waals surface area contributed by atoms with Gasteiger partial charge >= 0.3 is 0 Å². The molecule has 0 aromatic heterocycles. The largest absolute Gasteiger partial charge is 0.394 e. The van der Waals surface area contributed by atoms with E-state index < -0.39 is 24.4 Å². The standard InChI is InChI=1S/C20H38O5/c1-2-3-4-5-6-7-8-9-10-11-12-13-14-24-20-18(23)16-25-19(20)17(22)15-21/h2-3,17-23H,4-16H2,1H3/b3-2+/t17-,18+,19-,20-/m0/s1. The van der Waals surface area contributed by atoms with Crippen LogP contribution >= 0.6 is 0 Å². The highest BCUT2D eigenvalue weighted by Gasteiger charge is 2.40. The van der Waals surface area contributed by atoms with E-state index in [4.69, 9.17) is 14.6 Å².